The zero-order valence-corrected chi connectivity index (χ0v) is 14.5. The number of rotatable bonds is 6. The molecule has 1 aromatic rings. The molecule has 1 aromatic carbocycles. The Labute approximate surface area is 137 Å². The Morgan fingerprint density at radius 3 is 2.65 bits per heavy atom. The molecule has 1 amide bonds. The predicted octanol–water partition coefficient (Wildman–Crippen LogP) is 3.12. The van der Waals surface area contributed by atoms with Crippen LogP contribution in [-0.4, -0.2) is 41.8 Å². The summed E-state index contributed by atoms with van der Waals surface area (Å²) in [4.78, 5) is 13.4. The molecular weight excluding hydrogens is 299 g/mol. The Bertz CT molecular complexity index is 529. The van der Waals surface area contributed by atoms with Crippen LogP contribution >= 0.6 is 0 Å². The summed E-state index contributed by atoms with van der Waals surface area (Å²) in [6.45, 7) is 9.26. The van der Waals surface area contributed by atoms with E-state index in [2.05, 4.69) is 5.32 Å². The Balaban J connectivity index is 2.34. The average Bonchev–Trinajstić information content (AvgIpc) is 2.40. The van der Waals surface area contributed by atoms with Gasteiger partial charge in [0.1, 0.15) is 5.60 Å². The fourth-order valence-corrected chi connectivity index (χ4v) is 2.07. The van der Waals surface area contributed by atoms with Crippen molar-refractivity contribution in [2.24, 2.45) is 5.92 Å². The molecule has 0 aromatic heterocycles. The van der Waals surface area contributed by atoms with Gasteiger partial charge in [0.25, 0.3) is 0 Å². The van der Waals surface area contributed by atoms with E-state index in [-0.39, 0.29) is 17.8 Å². The maximum Gasteiger partial charge on any atom is 0.410 e. The smallest absolute Gasteiger partial charge is 0.410 e. The van der Waals surface area contributed by atoms with Gasteiger partial charge in [-0.05, 0) is 50.9 Å². The van der Waals surface area contributed by atoms with Gasteiger partial charge in [0, 0.05) is 20.1 Å². The van der Waals surface area contributed by atoms with Gasteiger partial charge in [-0.25, -0.2) is 9.18 Å². The van der Waals surface area contributed by atoms with E-state index in [1.807, 2.05) is 27.7 Å². The van der Waals surface area contributed by atoms with Crippen molar-refractivity contribution in [2.45, 2.75) is 39.8 Å². The number of aromatic hydroxyl groups is 1. The van der Waals surface area contributed by atoms with Crippen molar-refractivity contribution in [2.75, 3.05) is 20.1 Å². The highest BCUT2D eigenvalue weighted by molar-refractivity contribution is 5.67. The van der Waals surface area contributed by atoms with Crippen molar-refractivity contribution in [3.05, 3.63) is 29.6 Å². The average molecular weight is 326 g/mol. The van der Waals surface area contributed by atoms with Gasteiger partial charge in [0.2, 0.25) is 0 Å². The number of phenolic OH excluding ortho intramolecular Hbond substituents is 1. The first-order valence-corrected chi connectivity index (χ1v) is 7.70. The molecule has 0 radical (unpaired) electrons. The van der Waals surface area contributed by atoms with Crippen molar-refractivity contribution in [1.29, 1.82) is 0 Å². The first-order valence-electron chi connectivity index (χ1n) is 7.70. The number of ether oxygens (including phenoxy) is 1. The van der Waals surface area contributed by atoms with Crippen LogP contribution in [-0.2, 0) is 11.3 Å². The molecule has 2 N–H and O–H groups in total. The maximum atomic E-state index is 13.2. The molecule has 1 unspecified atom stereocenters. The first-order chi connectivity index (χ1) is 10.6. The maximum absolute atomic E-state index is 13.2. The monoisotopic (exact) mass is 326 g/mol. The quantitative estimate of drug-likeness (QED) is 0.843. The number of phenols is 1. The highest BCUT2D eigenvalue weighted by Crippen LogP contribution is 2.16. The van der Waals surface area contributed by atoms with E-state index in [1.54, 1.807) is 18.0 Å². The molecule has 0 fully saturated rings. The molecule has 6 heteroatoms. The van der Waals surface area contributed by atoms with Crippen LogP contribution in [0.25, 0.3) is 0 Å². The third-order valence-electron chi connectivity index (χ3n) is 3.12. The minimum atomic E-state index is -0.623. The summed E-state index contributed by atoms with van der Waals surface area (Å²) in [7, 11) is 1.71. The number of halogens is 1. The van der Waals surface area contributed by atoms with Crippen LogP contribution in [0.5, 0.6) is 5.75 Å². The highest BCUT2D eigenvalue weighted by Gasteiger charge is 2.20. The van der Waals surface area contributed by atoms with Crippen LogP contribution in [0.2, 0.25) is 0 Å². The van der Waals surface area contributed by atoms with Crippen molar-refractivity contribution < 1.29 is 19.0 Å². The number of hydrogen-bond donors (Lipinski definition) is 2. The SMILES string of the molecule is CC(CNCc1ccc(O)c(F)c1)CN(C)C(=O)OC(C)(C)C. The summed E-state index contributed by atoms with van der Waals surface area (Å²) in [5, 5.41) is 12.4. The van der Waals surface area contributed by atoms with Crippen molar-refractivity contribution in [1.82, 2.24) is 10.2 Å². The standard InChI is InChI=1S/C17H27FN2O3/c1-12(11-20(5)16(22)23-17(2,3)4)9-19-10-13-6-7-15(21)14(18)8-13/h6-8,12,19,21H,9-11H2,1-5H3. The van der Waals surface area contributed by atoms with E-state index in [0.717, 1.165) is 5.56 Å². The third kappa shape index (κ3) is 7.32. The normalized spacial score (nSPS) is 12.8. The van der Waals surface area contributed by atoms with E-state index < -0.39 is 11.4 Å². The molecule has 5 nitrogen and oxygen atoms in total. The summed E-state index contributed by atoms with van der Waals surface area (Å²) >= 11 is 0. The van der Waals surface area contributed by atoms with Gasteiger partial charge >= 0.3 is 6.09 Å². The molecule has 0 saturated heterocycles. The predicted molar refractivity (Wildman–Crippen MR) is 87.8 cm³/mol. The molecule has 0 aliphatic carbocycles. The molecule has 23 heavy (non-hydrogen) atoms. The number of hydrogen-bond acceptors (Lipinski definition) is 4. The molecule has 0 heterocycles. The second-order valence-electron chi connectivity index (χ2n) is 6.88. The van der Waals surface area contributed by atoms with Gasteiger partial charge in [-0.2, -0.15) is 0 Å². The highest BCUT2D eigenvalue weighted by atomic mass is 19.1. The van der Waals surface area contributed by atoms with Crippen LogP contribution in [0.15, 0.2) is 18.2 Å². The third-order valence-corrected chi connectivity index (χ3v) is 3.12. The van der Waals surface area contributed by atoms with Crippen molar-refractivity contribution >= 4 is 6.09 Å². The molecule has 1 atom stereocenters. The minimum absolute atomic E-state index is 0.217. The lowest BCUT2D eigenvalue weighted by Gasteiger charge is -2.26. The Kier molecular flexibility index (Phi) is 6.81. The second kappa shape index (κ2) is 8.15. The summed E-state index contributed by atoms with van der Waals surface area (Å²) in [6, 6.07) is 4.31. The van der Waals surface area contributed by atoms with E-state index >= 15 is 0 Å². The number of carbonyl (C=O) groups is 1. The first kappa shape index (κ1) is 19.2. The van der Waals surface area contributed by atoms with E-state index in [0.29, 0.717) is 19.6 Å². The summed E-state index contributed by atoms with van der Waals surface area (Å²) in [5.41, 5.74) is 0.253. The van der Waals surface area contributed by atoms with Crippen LogP contribution in [0.3, 0.4) is 0 Å². The van der Waals surface area contributed by atoms with Gasteiger partial charge in [-0.3, -0.25) is 0 Å². The van der Waals surface area contributed by atoms with Gasteiger partial charge in [-0.15, -0.1) is 0 Å². The van der Waals surface area contributed by atoms with Gasteiger partial charge in [0.05, 0.1) is 0 Å². The Hall–Kier alpha value is -1.82. The summed E-state index contributed by atoms with van der Waals surface area (Å²) < 4.78 is 18.5. The summed E-state index contributed by atoms with van der Waals surface area (Å²) in [5.74, 6) is -0.752. The largest absolute Gasteiger partial charge is 0.505 e. The zero-order valence-electron chi connectivity index (χ0n) is 14.5. The zero-order chi connectivity index (χ0) is 17.6. The van der Waals surface area contributed by atoms with E-state index in [4.69, 9.17) is 9.84 Å². The fraction of sp³-hybridized carbons (Fsp3) is 0.588. The van der Waals surface area contributed by atoms with E-state index in [1.165, 1.54) is 12.1 Å². The number of amides is 1. The van der Waals surface area contributed by atoms with E-state index in [9.17, 15) is 9.18 Å². The Morgan fingerprint density at radius 1 is 1.43 bits per heavy atom. The number of nitrogens with zero attached hydrogens (tertiary/aromatic N) is 1. The molecule has 130 valence electrons. The molecule has 0 aliphatic heterocycles. The lowest BCUT2D eigenvalue weighted by molar-refractivity contribution is 0.0277. The van der Waals surface area contributed by atoms with Crippen molar-refractivity contribution in [3.63, 3.8) is 0 Å². The lowest BCUT2D eigenvalue weighted by atomic mass is 10.1. The molecule has 0 aliphatic rings. The minimum Gasteiger partial charge on any atom is -0.505 e. The molecule has 0 bridgehead atoms. The molecule has 0 spiro atoms. The lowest BCUT2D eigenvalue weighted by Crippen LogP contribution is -2.38. The molecule has 1 rings (SSSR count). The fourth-order valence-electron chi connectivity index (χ4n) is 2.07. The second-order valence-corrected chi connectivity index (χ2v) is 6.88. The Morgan fingerprint density at radius 2 is 2.09 bits per heavy atom. The van der Waals surface area contributed by atoms with Crippen LogP contribution in [0.1, 0.15) is 33.3 Å². The van der Waals surface area contributed by atoms with Gasteiger partial charge in [-0.1, -0.05) is 13.0 Å². The topological polar surface area (TPSA) is 61.8 Å². The summed E-state index contributed by atoms with van der Waals surface area (Å²) in [6.07, 6.45) is -0.343. The van der Waals surface area contributed by atoms with Gasteiger partial charge in [0.15, 0.2) is 11.6 Å². The number of carbonyl (C=O) groups excluding carboxylic acids is 1. The van der Waals surface area contributed by atoms with Crippen LogP contribution in [0, 0.1) is 11.7 Å². The molecular formula is C17H27FN2O3. The number of benzene rings is 1. The number of nitrogens with one attached hydrogen (secondary N) is 1. The van der Waals surface area contributed by atoms with Crippen LogP contribution < -0.4 is 5.32 Å². The van der Waals surface area contributed by atoms with Gasteiger partial charge < -0.3 is 20.1 Å². The molecule has 0 saturated carbocycles. The van der Waals surface area contributed by atoms with Crippen molar-refractivity contribution in [3.8, 4) is 5.75 Å². The van der Waals surface area contributed by atoms with Crippen LogP contribution in [0.4, 0.5) is 9.18 Å².